The van der Waals surface area contributed by atoms with Crippen LogP contribution >= 0.6 is 11.8 Å². The molecule has 0 unspecified atom stereocenters. The molecular weight excluding hydrogens is 390 g/mol. The van der Waals surface area contributed by atoms with E-state index in [0.717, 1.165) is 28.6 Å². The van der Waals surface area contributed by atoms with Crippen LogP contribution in [0.15, 0.2) is 48.5 Å². The Balaban J connectivity index is 1.31. The molecule has 2 fully saturated rings. The van der Waals surface area contributed by atoms with Crippen LogP contribution in [0.1, 0.15) is 18.8 Å². The third-order valence-corrected chi connectivity index (χ3v) is 6.28. The van der Waals surface area contributed by atoms with E-state index >= 15 is 0 Å². The molecule has 2 aliphatic rings. The first-order valence-corrected chi connectivity index (χ1v) is 10.7. The molecule has 0 aliphatic carbocycles. The van der Waals surface area contributed by atoms with Crippen molar-refractivity contribution < 1.29 is 23.7 Å². The quantitative estimate of drug-likeness (QED) is 0.772. The highest BCUT2D eigenvalue weighted by Gasteiger charge is 2.40. The Labute approximate surface area is 174 Å². The Morgan fingerprint density at radius 1 is 1.03 bits per heavy atom. The second-order valence-electron chi connectivity index (χ2n) is 7.54. The highest BCUT2D eigenvalue weighted by atomic mass is 32.2. The lowest BCUT2D eigenvalue weighted by molar-refractivity contribution is -0.226. The number of nitrogens with one attached hydrogen (secondary N) is 1. The van der Waals surface area contributed by atoms with Gasteiger partial charge in [0.05, 0.1) is 25.7 Å². The second kappa shape index (κ2) is 8.65. The maximum atomic E-state index is 12.7. The smallest absolute Gasteiger partial charge is 0.234 e. The van der Waals surface area contributed by atoms with Crippen LogP contribution in [0.3, 0.4) is 0 Å². The summed E-state index contributed by atoms with van der Waals surface area (Å²) in [6.07, 6.45) is -0.164. The Bertz CT molecular complexity index is 827. The van der Waals surface area contributed by atoms with Gasteiger partial charge in [0.25, 0.3) is 0 Å². The van der Waals surface area contributed by atoms with Gasteiger partial charge >= 0.3 is 0 Å². The van der Waals surface area contributed by atoms with Gasteiger partial charge in [-0.15, -0.1) is 0 Å². The number of amides is 1. The van der Waals surface area contributed by atoms with Crippen molar-refractivity contribution in [3.63, 3.8) is 0 Å². The first-order valence-electron chi connectivity index (χ1n) is 9.59. The molecule has 1 amide bonds. The van der Waals surface area contributed by atoms with Crippen LogP contribution in [0.2, 0.25) is 0 Å². The SMILES string of the molecule is COc1ccc(NC(=O)C2(C)COC(c3ccc(OC4CSC4)cc3)OC2)cc1. The lowest BCUT2D eigenvalue weighted by Gasteiger charge is -2.36. The maximum absolute atomic E-state index is 12.7. The number of anilines is 1. The zero-order chi connectivity index (χ0) is 20.3. The summed E-state index contributed by atoms with van der Waals surface area (Å²) in [5, 5.41) is 2.92. The van der Waals surface area contributed by atoms with Gasteiger partial charge < -0.3 is 24.3 Å². The van der Waals surface area contributed by atoms with Gasteiger partial charge in [0.15, 0.2) is 6.29 Å². The molecule has 6 nitrogen and oxygen atoms in total. The lowest BCUT2D eigenvalue weighted by atomic mass is 9.90. The van der Waals surface area contributed by atoms with Crippen molar-refractivity contribution in [1.29, 1.82) is 0 Å². The summed E-state index contributed by atoms with van der Waals surface area (Å²) in [5.74, 6) is 3.56. The Hall–Kier alpha value is -2.22. The van der Waals surface area contributed by atoms with Gasteiger partial charge in [0.1, 0.15) is 17.6 Å². The molecule has 2 heterocycles. The fraction of sp³-hybridized carbons (Fsp3) is 0.409. The average Bonchev–Trinajstić information content (AvgIpc) is 2.72. The topological polar surface area (TPSA) is 66.0 Å². The zero-order valence-corrected chi connectivity index (χ0v) is 17.4. The summed E-state index contributed by atoms with van der Waals surface area (Å²) >= 11 is 1.89. The van der Waals surface area contributed by atoms with Crippen molar-refractivity contribution >= 4 is 23.4 Å². The van der Waals surface area contributed by atoms with E-state index in [4.69, 9.17) is 18.9 Å². The molecule has 2 aliphatic heterocycles. The molecule has 7 heteroatoms. The van der Waals surface area contributed by atoms with E-state index in [2.05, 4.69) is 5.32 Å². The van der Waals surface area contributed by atoms with Crippen molar-refractivity contribution in [3.05, 3.63) is 54.1 Å². The number of ether oxygens (including phenoxy) is 4. The second-order valence-corrected chi connectivity index (χ2v) is 8.62. The van der Waals surface area contributed by atoms with E-state index in [0.29, 0.717) is 11.8 Å². The molecule has 4 rings (SSSR count). The molecule has 0 aromatic heterocycles. The normalized spacial score (nSPS) is 24.4. The van der Waals surface area contributed by atoms with Gasteiger partial charge in [-0.25, -0.2) is 0 Å². The van der Waals surface area contributed by atoms with Crippen LogP contribution in [-0.2, 0) is 14.3 Å². The molecule has 0 atom stereocenters. The minimum Gasteiger partial charge on any atom is -0.497 e. The van der Waals surface area contributed by atoms with Gasteiger partial charge in [0, 0.05) is 22.8 Å². The van der Waals surface area contributed by atoms with E-state index in [9.17, 15) is 4.79 Å². The Morgan fingerprint density at radius 3 is 2.21 bits per heavy atom. The molecular formula is C22H25NO5S. The van der Waals surface area contributed by atoms with Crippen molar-refractivity contribution in [2.75, 3.05) is 37.1 Å². The molecule has 154 valence electrons. The molecule has 2 aromatic carbocycles. The molecule has 0 bridgehead atoms. The number of hydrogen-bond acceptors (Lipinski definition) is 6. The van der Waals surface area contributed by atoms with E-state index in [-0.39, 0.29) is 19.1 Å². The first-order chi connectivity index (χ1) is 14.1. The average molecular weight is 416 g/mol. The predicted octanol–water partition coefficient (Wildman–Crippen LogP) is 3.88. The van der Waals surface area contributed by atoms with E-state index in [1.165, 1.54) is 0 Å². The third kappa shape index (κ3) is 4.69. The lowest BCUT2D eigenvalue weighted by Crippen LogP contribution is -2.45. The molecule has 2 aromatic rings. The van der Waals surface area contributed by atoms with Gasteiger partial charge in [-0.2, -0.15) is 11.8 Å². The number of carbonyl (C=O) groups is 1. The number of methoxy groups -OCH3 is 1. The summed E-state index contributed by atoms with van der Waals surface area (Å²) in [4.78, 5) is 12.7. The van der Waals surface area contributed by atoms with E-state index in [1.807, 2.05) is 43.0 Å². The highest BCUT2D eigenvalue weighted by molar-refractivity contribution is 8.00. The van der Waals surface area contributed by atoms with Crippen LogP contribution in [0, 0.1) is 5.41 Å². The summed E-state index contributed by atoms with van der Waals surface area (Å²) in [7, 11) is 1.61. The first kappa shape index (κ1) is 20.1. The Morgan fingerprint density at radius 2 is 1.66 bits per heavy atom. The summed E-state index contributed by atoms with van der Waals surface area (Å²) in [6, 6.07) is 15.0. The molecule has 0 radical (unpaired) electrons. The van der Waals surface area contributed by atoms with Crippen LogP contribution in [0.25, 0.3) is 0 Å². The van der Waals surface area contributed by atoms with Crippen LogP contribution in [0.5, 0.6) is 11.5 Å². The van der Waals surface area contributed by atoms with Crippen LogP contribution in [-0.4, -0.2) is 43.8 Å². The monoisotopic (exact) mass is 415 g/mol. The van der Waals surface area contributed by atoms with Crippen molar-refractivity contribution in [3.8, 4) is 11.5 Å². The van der Waals surface area contributed by atoms with Gasteiger partial charge in [0.2, 0.25) is 5.91 Å². The molecule has 0 spiro atoms. The van der Waals surface area contributed by atoms with Gasteiger partial charge in [-0.3, -0.25) is 4.79 Å². The minimum atomic E-state index is -0.763. The van der Waals surface area contributed by atoms with Gasteiger partial charge in [-0.1, -0.05) is 12.1 Å². The van der Waals surface area contributed by atoms with Crippen LogP contribution < -0.4 is 14.8 Å². The number of rotatable bonds is 6. The molecule has 0 saturated carbocycles. The molecule has 29 heavy (non-hydrogen) atoms. The predicted molar refractivity (Wildman–Crippen MR) is 113 cm³/mol. The Kier molecular flexibility index (Phi) is 5.99. The summed E-state index contributed by atoms with van der Waals surface area (Å²) < 4.78 is 22.8. The largest absolute Gasteiger partial charge is 0.497 e. The third-order valence-electron chi connectivity index (χ3n) is 5.07. The van der Waals surface area contributed by atoms with Crippen LogP contribution in [0.4, 0.5) is 5.69 Å². The fourth-order valence-corrected chi connectivity index (χ4v) is 3.63. The van der Waals surface area contributed by atoms with Crippen molar-refractivity contribution in [1.82, 2.24) is 0 Å². The number of benzene rings is 2. The highest BCUT2D eigenvalue weighted by Crippen LogP contribution is 2.34. The molecule has 1 N–H and O–H groups in total. The number of carbonyl (C=O) groups excluding carboxylic acids is 1. The maximum Gasteiger partial charge on any atom is 0.234 e. The van der Waals surface area contributed by atoms with E-state index < -0.39 is 11.7 Å². The zero-order valence-electron chi connectivity index (χ0n) is 16.6. The van der Waals surface area contributed by atoms with Crippen molar-refractivity contribution in [2.24, 2.45) is 5.41 Å². The standard InChI is InChI=1S/C22H25NO5S/c1-22(21(24)23-16-5-9-17(25-2)10-6-16)13-26-20(27-14-22)15-3-7-18(8-4-15)28-19-11-29-12-19/h3-10,19-20H,11-14H2,1-2H3,(H,23,24). The summed E-state index contributed by atoms with van der Waals surface area (Å²) in [6.45, 7) is 2.39. The van der Waals surface area contributed by atoms with Gasteiger partial charge in [-0.05, 0) is 43.3 Å². The fourth-order valence-electron chi connectivity index (χ4n) is 3.07. The summed E-state index contributed by atoms with van der Waals surface area (Å²) in [5.41, 5.74) is 0.860. The minimum absolute atomic E-state index is 0.136. The van der Waals surface area contributed by atoms with E-state index in [1.54, 1.807) is 31.4 Å². The molecule has 2 saturated heterocycles. The van der Waals surface area contributed by atoms with Crippen molar-refractivity contribution in [2.45, 2.75) is 19.3 Å². The number of hydrogen-bond donors (Lipinski definition) is 1. The number of thioether (sulfide) groups is 1.